The highest BCUT2D eigenvalue weighted by Gasteiger charge is 1.94. The van der Waals surface area contributed by atoms with Crippen LogP contribution < -0.4 is 5.56 Å². The minimum absolute atomic E-state index is 0.153. The third-order valence-electron chi connectivity index (χ3n) is 0.987. The van der Waals surface area contributed by atoms with Gasteiger partial charge in [-0.1, -0.05) is 0 Å². The topological polar surface area (TPSA) is 56.6 Å². The number of pyridine rings is 1. The fraction of sp³-hybridized carbons (Fsp3) is 0. The molecular formula is C6H3IN2O. The van der Waals surface area contributed by atoms with E-state index in [0.717, 1.165) is 0 Å². The van der Waals surface area contributed by atoms with Crippen LogP contribution >= 0.6 is 22.6 Å². The molecule has 0 saturated heterocycles. The number of nitrogens with one attached hydrogen (secondary N) is 1. The van der Waals surface area contributed by atoms with Crippen molar-refractivity contribution in [3.05, 3.63) is 31.8 Å². The van der Waals surface area contributed by atoms with E-state index in [4.69, 9.17) is 5.26 Å². The number of nitrogens with zero attached hydrogens (tertiary/aromatic N) is 1. The molecule has 50 valence electrons. The number of nitriles is 1. The third-order valence-corrected chi connectivity index (χ3v) is 1.79. The first kappa shape index (κ1) is 7.28. The zero-order valence-electron chi connectivity index (χ0n) is 4.89. The number of aromatic amines is 1. The molecule has 0 radical (unpaired) electrons. The van der Waals surface area contributed by atoms with E-state index in [-0.39, 0.29) is 5.56 Å². The summed E-state index contributed by atoms with van der Waals surface area (Å²) in [6.45, 7) is 0. The van der Waals surface area contributed by atoms with Crippen LogP contribution in [0, 0.1) is 14.9 Å². The molecule has 0 aliphatic rings. The molecule has 0 aromatic carbocycles. The first-order chi connectivity index (χ1) is 4.74. The van der Waals surface area contributed by atoms with Gasteiger partial charge in [-0.3, -0.25) is 4.79 Å². The van der Waals surface area contributed by atoms with E-state index in [9.17, 15) is 4.79 Å². The quantitative estimate of drug-likeness (QED) is 0.690. The fourth-order valence-electron chi connectivity index (χ4n) is 0.521. The highest BCUT2D eigenvalue weighted by atomic mass is 127. The Morgan fingerprint density at radius 1 is 1.70 bits per heavy atom. The van der Waals surface area contributed by atoms with Crippen molar-refractivity contribution in [2.24, 2.45) is 0 Å². The van der Waals surface area contributed by atoms with Crippen molar-refractivity contribution in [3.63, 3.8) is 0 Å². The van der Waals surface area contributed by atoms with Crippen molar-refractivity contribution < 1.29 is 0 Å². The maximum atomic E-state index is 10.7. The molecule has 0 fully saturated rings. The minimum Gasteiger partial charge on any atom is -0.327 e. The molecule has 3 nitrogen and oxygen atoms in total. The molecule has 4 heteroatoms. The summed E-state index contributed by atoms with van der Waals surface area (Å²) in [5.41, 5.74) is 0.323. The molecule has 0 atom stereocenters. The Labute approximate surface area is 70.8 Å². The van der Waals surface area contributed by atoms with Gasteiger partial charge in [0.2, 0.25) is 0 Å². The van der Waals surface area contributed by atoms with E-state index >= 15 is 0 Å². The zero-order chi connectivity index (χ0) is 7.56. The van der Waals surface area contributed by atoms with Gasteiger partial charge in [0.05, 0.1) is 9.13 Å². The summed E-state index contributed by atoms with van der Waals surface area (Å²) in [5.74, 6) is 0. The van der Waals surface area contributed by atoms with Crippen LogP contribution in [0.1, 0.15) is 5.56 Å². The molecule has 1 aromatic heterocycles. The lowest BCUT2D eigenvalue weighted by Crippen LogP contribution is -2.08. The van der Waals surface area contributed by atoms with E-state index in [1.807, 2.05) is 28.7 Å². The molecule has 0 bridgehead atoms. The molecule has 0 spiro atoms. The van der Waals surface area contributed by atoms with Gasteiger partial charge in [0.1, 0.15) is 6.07 Å². The fourth-order valence-corrected chi connectivity index (χ4v) is 1.01. The first-order valence-corrected chi connectivity index (χ1v) is 3.60. The number of H-pyrrole nitrogens is 1. The molecule has 1 rings (SSSR count). The summed E-state index contributed by atoms with van der Waals surface area (Å²) < 4.78 is 0.539. The van der Waals surface area contributed by atoms with Crippen molar-refractivity contribution in [1.29, 1.82) is 5.26 Å². The molecular weight excluding hydrogens is 243 g/mol. The highest BCUT2D eigenvalue weighted by molar-refractivity contribution is 14.1. The average molecular weight is 246 g/mol. The van der Waals surface area contributed by atoms with Crippen LogP contribution in [0.15, 0.2) is 17.1 Å². The molecule has 1 aromatic rings. The summed E-state index contributed by atoms with van der Waals surface area (Å²) in [4.78, 5) is 13.1. The van der Waals surface area contributed by atoms with Gasteiger partial charge in [-0.15, -0.1) is 0 Å². The van der Waals surface area contributed by atoms with E-state index in [1.165, 1.54) is 6.20 Å². The minimum atomic E-state index is -0.153. The van der Waals surface area contributed by atoms with Crippen molar-refractivity contribution in [1.82, 2.24) is 4.98 Å². The Balaban J connectivity index is 3.34. The summed E-state index contributed by atoms with van der Waals surface area (Å²) >= 11 is 1.88. The maximum absolute atomic E-state index is 10.7. The Bertz CT molecular complexity index is 336. The maximum Gasteiger partial charge on any atom is 0.261 e. The molecule has 1 N–H and O–H groups in total. The Hall–Kier alpha value is -0.830. The number of hydrogen-bond acceptors (Lipinski definition) is 2. The van der Waals surface area contributed by atoms with Crippen LogP contribution in [-0.2, 0) is 0 Å². The molecule has 0 aliphatic heterocycles. The normalized spacial score (nSPS) is 8.80. The average Bonchev–Trinajstić information content (AvgIpc) is 1.95. The van der Waals surface area contributed by atoms with E-state index < -0.39 is 0 Å². The van der Waals surface area contributed by atoms with Gasteiger partial charge >= 0.3 is 0 Å². The van der Waals surface area contributed by atoms with E-state index in [2.05, 4.69) is 4.98 Å². The highest BCUT2D eigenvalue weighted by Crippen LogP contribution is 1.98. The van der Waals surface area contributed by atoms with Crippen molar-refractivity contribution >= 4 is 22.6 Å². The van der Waals surface area contributed by atoms with Crippen LogP contribution in [0.4, 0.5) is 0 Å². The smallest absolute Gasteiger partial charge is 0.261 e. The van der Waals surface area contributed by atoms with Gasteiger partial charge in [0.25, 0.3) is 5.56 Å². The second kappa shape index (κ2) is 2.84. The van der Waals surface area contributed by atoms with Gasteiger partial charge in [0.15, 0.2) is 0 Å². The summed E-state index contributed by atoms with van der Waals surface area (Å²) in [7, 11) is 0. The van der Waals surface area contributed by atoms with E-state index in [1.54, 1.807) is 6.07 Å². The van der Waals surface area contributed by atoms with Gasteiger partial charge in [0, 0.05) is 6.20 Å². The second-order valence-corrected chi connectivity index (χ2v) is 2.84. The van der Waals surface area contributed by atoms with Gasteiger partial charge in [-0.05, 0) is 28.7 Å². The lowest BCUT2D eigenvalue weighted by atomic mass is 10.3. The number of halogens is 1. The van der Waals surface area contributed by atoms with Gasteiger partial charge < -0.3 is 4.98 Å². The predicted octanol–water partition coefficient (Wildman–Crippen LogP) is 0.851. The Kier molecular flexibility index (Phi) is 2.06. The van der Waals surface area contributed by atoms with Crippen molar-refractivity contribution in [2.45, 2.75) is 0 Å². The van der Waals surface area contributed by atoms with Crippen LogP contribution in [-0.4, -0.2) is 4.98 Å². The predicted molar refractivity (Wildman–Crippen MR) is 44.5 cm³/mol. The summed E-state index contributed by atoms with van der Waals surface area (Å²) in [6.07, 6.45) is 1.39. The van der Waals surface area contributed by atoms with Crippen LogP contribution in [0.5, 0.6) is 0 Å². The largest absolute Gasteiger partial charge is 0.327 e. The molecule has 10 heavy (non-hydrogen) atoms. The number of aromatic nitrogens is 1. The summed E-state index contributed by atoms with van der Waals surface area (Å²) in [5, 5.41) is 8.38. The monoisotopic (exact) mass is 246 g/mol. The molecule has 1 heterocycles. The molecule has 0 aliphatic carbocycles. The first-order valence-electron chi connectivity index (χ1n) is 2.52. The van der Waals surface area contributed by atoms with Gasteiger partial charge in [-0.25, -0.2) is 0 Å². The molecule has 0 amide bonds. The summed E-state index contributed by atoms with van der Waals surface area (Å²) in [6, 6.07) is 3.46. The molecule has 0 unspecified atom stereocenters. The third kappa shape index (κ3) is 1.36. The lowest BCUT2D eigenvalue weighted by molar-refractivity contribution is 1.20. The second-order valence-electron chi connectivity index (χ2n) is 1.68. The SMILES string of the molecule is N#Cc1c[nH]c(=O)c(I)c1. The Morgan fingerprint density at radius 3 is 2.90 bits per heavy atom. The Morgan fingerprint density at radius 2 is 2.40 bits per heavy atom. The van der Waals surface area contributed by atoms with Crippen molar-refractivity contribution in [2.75, 3.05) is 0 Å². The van der Waals surface area contributed by atoms with Crippen LogP contribution in [0.25, 0.3) is 0 Å². The number of rotatable bonds is 0. The molecule has 0 saturated carbocycles. The zero-order valence-corrected chi connectivity index (χ0v) is 7.05. The standard InChI is InChI=1S/C6H3IN2O/c7-5-1-4(2-8)3-9-6(5)10/h1,3H,(H,9,10). The van der Waals surface area contributed by atoms with E-state index in [0.29, 0.717) is 9.13 Å². The lowest BCUT2D eigenvalue weighted by Gasteiger charge is -1.87. The number of hydrogen-bond donors (Lipinski definition) is 1. The van der Waals surface area contributed by atoms with Crippen LogP contribution in [0.3, 0.4) is 0 Å². The van der Waals surface area contributed by atoms with Gasteiger partial charge in [-0.2, -0.15) is 5.26 Å². The van der Waals surface area contributed by atoms with Crippen molar-refractivity contribution in [3.8, 4) is 6.07 Å². The van der Waals surface area contributed by atoms with Crippen LogP contribution in [0.2, 0.25) is 0 Å².